The summed E-state index contributed by atoms with van der Waals surface area (Å²) in [6, 6.07) is 13.2. The van der Waals surface area contributed by atoms with Crippen LogP contribution >= 0.6 is 0 Å². The van der Waals surface area contributed by atoms with Gasteiger partial charge in [-0.3, -0.25) is 9.59 Å². The van der Waals surface area contributed by atoms with E-state index < -0.39 is 0 Å². The van der Waals surface area contributed by atoms with Crippen molar-refractivity contribution in [1.29, 1.82) is 0 Å². The molecule has 1 atom stereocenters. The molecule has 0 spiro atoms. The van der Waals surface area contributed by atoms with Crippen LogP contribution in [0, 0.1) is 0 Å². The minimum atomic E-state index is -0.174. The Morgan fingerprint density at radius 3 is 2.63 bits per heavy atom. The van der Waals surface area contributed by atoms with Gasteiger partial charge in [-0.1, -0.05) is 24.3 Å². The van der Waals surface area contributed by atoms with Gasteiger partial charge in [0, 0.05) is 18.7 Å². The molecule has 6 nitrogen and oxygen atoms in total. The fourth-order valence-electron chi connectivity index (χ4n) is 3.98. The maximum Gasteiger partial charge on any atom is 0.254 e. The van der Waals surface area contributed by atoms with Crippen LogP contribution in [0.25, 0.3) is 0 Å². The maximum atomic E-state index is 13.1. The van der Waals surface area contributed by atoms with Gasteiger partial charge in [0.05, 0.1) is 20.3 Å². The largest absolute Gasteiger partial charge is 0.493 e. The highest BCUT2D eigenvalue weighted by Crippen LogP contribution is 2.34. The zero-order valence-electron chi connectivity index (χ0n) is 15.5. The fourth-order valence-corrected chi connectivity index (χ4v) is 3.98. The van der Waals surface area contributed by atoms with E-state index in [9.17, 15) is 9.59 Å². The number of nitrogens with zero attached hydrogens (tertiary/aromatic N) is 2. The predicted octanol–water partition coefficient (Wildman–Crippen LogP) is 2.29. The van der Waals surface area contributed by atoms with Gasteiger partial charge >= 0.3 is 0 Å². The molecule has 2 aromatic carbocycles. The highest BCUT2D eigenvalue weighted by Gasteiger charge is 2.38. The standard InChI is InChI=1S/C21H22N2O4/c1-26-18-8-7-15(11-19(18)27-2)21(25)22-12-17-16-6-4-3-5-14(16)9-10-23(17)20(24)13-22/h3-8,11,17H,9-10,12-13H2,1-2H3. The Hall–Kier alpha value is -3.02. The van der Waals surface area contributed by atoms with Crippen LogP contribution in [0.1, 0.15) is 27.5 Å². The van der Waals surface area contributed by atoms with E-state index in [4.69, 9.17) is 9.47 Å². The van der Waals surface area contributed by atoms with Gasteiger partial charge in [0.25, 0.3) is 5.91 Å². The first kappa shape index (κ1) is 17.4. The number of benzene rings is 2. The molecule has 0 aromatic heterocycles. The summed E-state index contributed by atoms with van der Waals surface area (Å²) < 4.78 is 10.5. The Labute approximate surface area is 158 Å². The summed E-state index contributed by atoms with van der Waals surface area (Å²) in [6.07, 6.45) is 0.863. The molecule has 2 heterocycles. The summed E-state index contributed by atoms with van der Waals surface area (Å²) in [5, 5.41) is 0. The number of fused-ring (bicyclic) bond motifs is 3. The Balaban J connectivity index is 1.62. The molecule has 27 heavy (non-hydrogen) atoms. The minimum absolute atomic E-state index is 0.00502. The van der Waals surface area contributed by atoms with Gasteiger partial charge in [0.1, 0.15) is 6.54 Å². The summed E-state index contributed by atoms with van der Waals surface area (Å²) in [7, 11) is 3.09. The van der Waals surface area contributed by atoms with Gasteiger partial charge in [-0.25, -0.2) is 0 Å². The Kier molecular flexibility index (Phi) is 4.48. The van der Waals surface area contributed by atoms with Crippen molar-refractivity contribution in [2.24, 2.45) is 0 Å². The van der Waals surface area contributed by atoms with Crippen LogP contribution in [-0.2, 0) is 11.2 Å². The predicted molar refractivity (Wildman–Crippen MR) is 100 cm³/mol. The van der Waals surface area contributed by atoms with Crippen LogP contribution in [0.2, 0.25) is 0 Å². The molecule has 2 aliphatic heterocycles. The molecule has 6 heteroatoms. The van der Waals surface area contributed by atoms with Gasteiger partial charge in [-0.2, -0.15) is 0 Å². The maximum absolute atomic E-state index is 13.1. The van der Waals surface area contributed by atoms with Gasteiger partial charge < -0.3 is 19.3 Å². The molecule has 0 radical (unpaired) electrons. The Morgan fingerprint density at radius 2 is 1.85 bits per heavy atom. The van der Waals surface area contributed by atoms with E-state index in [0.29, 0.717) is 30.2 Å². The molecule has 0 bridgehead atoms. The van der Waals surface area contributed by atoms with Crippen molar-refractivity contribution in [2.75, 3.05) is 33.9 Å². The molecule has 4 rings (SSSR count). The molecule has 1 saturated heterocycles. The minimum Gasteiger partial charge on any atom is -0.493 e. The normalized spacial score (nSPS) is 18.6. The van der Waals surface area contributed by atoms with Crippen molar-refractivity contribution in [1.82, 2.24) is 9.80 Å². The quantitative estimate of drug-likeness (QED) is 0.836. The highest BCUT2D eigenvalue weighted by atomic mass is 16.5. The van der Waals surface area contributed by atoms with E-state index in [1.165, 1.54) is 12.7 Å². The monoisotopic (exact) mass is 366 g/mol. The summed E-state index contributed by atoms with van der Waals surface area (Å²) in [4.78, 5) is 29.3. The van der Waals surface area contributed by atoms with Crippen LogP contribution in [0.15, 0.2) is 42.5 Å². The molecule has 2 aromatic rings. The number of amides is 2. The zero-order valence-corrected chi connectivity index (χ0v) is 15.5. The average molecular weight is 366 g/mol. The lowest BCUT2D eigenvalue weighted by Gasteiger charge is -2.44. The first-order valence-electron chi connectivity index (χ1n) is 9.01. The topological polar surface area (TPSA) is 59.1 Å². The van der Waals surface area contributed by atoms with Crippen molar-refractivity contribution in [2.45, 2.75) is 12.5 Å². The number of methoxy groups -OCH3 is 2. The molecular formula is C21H22N2O4. The summed E-state index contributed by atoms with van der Waals surface area (Å²) in [5.74, 6) is 0.883. The van der Waals surface area contributed by atoms with Gasteiger partial charge in [-0.15, -0.1) is 0 Å². The van der Waals surface area contributed by atoms with Gasteiger partial charge in [-0.05, 0) is 35.7 Å². The first-order chi connectivity index (χ1) is 13.1. The lowest BCUT2D eigenvalue weighted by atomic mass is 9.90. The molecule has 0 aliphatic carbocycles. The molecule has 0 saturated carbocycles. The number of piperazine rings is 1. The molecule has 0 N–H and O–H groups in total. The lowest BCUT2D eigenvalue weighted by molar-refractivity contribution is -0.139. The number of ether oxygens (including phenoxy) is 2. The third kappa shape index (κ3) is 3.01. The first-order valence-corrected chi connectivity index (χ1v) is 9.01. The molecule has 2 amide bonds. The Morgan fingerprint density at radius 1 is 1.07 bits per heavy atom. The third-order valence-electron chi connectivity index (χ3n) is 5.37. The smallest absolute Gasteiger partial charge is 0.254 e. The van der Waals surface area contributed by atoms with Crippen molar-refractivity contribution >= 4 is 11.8 Å². The van der Waals surface area contributed by atoms with E-state index in [-0.39, 0.29) is 24.4 Å². The molecule has 140 valence electrons. The van der Waals surface area contributed by atoms with Crippen LogP contribution in [0.3, 0.4) is 0 Å². The second kappa shape index (κ2) is 6.95. The average Bonchev–Trinajstić information content (AvgIpc) is 2.72. The molecule has 1 fully saturated rings. The highest BCUT2D eigenvalue weighted by molar-refractivity contribution is 5.97. The summed E-state index contributed by atoms with van der Waals surface area (Å²) in [6.45, 7) is 1.31. The lowest BCUT2D eigenvalue weighted by Crippen LogP contribution is -2.55. The van der Waals surface area contributed by atoms with Crippen molar-refractivity contribution in [3.8, 4) is 11.5 Å². The second-order valence-corrected chi connectivity index (χ2v) is 6.81. The molecule has 2 aliphatic rings. The summed E-state index contributed by atoms with van der Waals surface area (Å²) >= 11 is 0. The van der Waals surface area contributed by atoms with Gasteiger partial charge in [0.15, 0.2) is 11.5 Å². The number of carbonyl (C=O) groups excluding carboxylic acids is 2. The van der Waals surface area contributed by atoms with E-state index in [2.05, 4.69) is 12.1 Å². The van der Waals surface area contributed by atoms with Crippen LogP contribution in [-0.4, -0.2) is 55.5 Å². The number of hydrogen-bond acceptors (Lipinski definition) is 4. The zero-order chi connectivity index (χ0) is 19.0. The van der Waals surface area contributed by atoms with E-state index in [1.54, 1.807) is 30.2 Å². The number of hydrogen-bond donors (Lipinski definition) is 0. The third-order valence-corrected chi connectivity index (χ3v) is 5.37. The van der Waals surface area contributed by atoms with Crippen molar-refractivity contribution in [3.05, 3.63) is 59.2 Å². The van der Waals surface area contributed by atoms with Crippen LogP contribution < -0.4 is 9.47 Å². The van der Waals surface area contributed by atoms with Crippen LogP contribution in [0.5, 0.6) is 11.5 Å². The second-order valence-electron chi connectivity index (χ2n) is 6.81. The van der Waals surface area contributed by atoms with E-state index >= 15 is 0 Å². The molecular weight excluding hydrogens is 344 g/mol. The van der Waals surface area contributed by atoms with Crippen molar-refractivity contribution < 1.29 is 19.1 Å². The van der Waals surface area contributed by atoms with E-state index in [0.717, 1.165) is 12.0 Å². The van der Waals surface area contributed by atoms with Gasteiger partial charge in [0.2, 0.25) is 5.91 Å². The Bertz CT molecular complexity index is 896. The van der Waals surface area contributed by atoms with Crippen molar-refractivity contribution in [3.63, 3.8) is 0 Å². The fraction of sp³-hybridized carbons (Fsp3) is 0.333. The number of carbonyl (C=O) groups is 2. The van der Waals surface area contributed by atoms with E-state index in [1.807, 2.05) is 17.0 Å². The SMILES string of the molecule is COc1ccc(C(=O)N2CC(=O)N3CCc4ccccc4C3C2)cc1OC. The number of rotatable bonds is 3. The summed E-state index contributed by atoms with van der Waals surface area (Å²) in [5.41, 5.74) is 2.88. The molecule has 1 unspecified atom stereocenters. The van der Waals surface area contributed by atoms with Crippen LogP contribution in [0.4, 0.5) is 0 Å².